The topological polar surface area (TPSA) is 79.8 Å². The largest absolute Gasteiger partial charge is 0.468 e. The van der Waals surface area contributed by atoms with Crippen molar-refractivity contribution >= 4 is 17.6 Å². The summed E-state index contributed by atoms with van der Waals surface area (Å²) < 4.78 is 79.9. The van der Waals surface area contributed by atoms with Gasteiger partial charge in [0.25, 0.3) is 0 Å². The Bertz CT molecular complexity index is 1080. The third kappa shape index (κ3) is 6.45. The summed E-state index contributed by atoms with van der Waals surface area (Å²) in [5.41, 5.74) is -1.89. The summed E-state index contributed by atoms with van der Waals surface area (Å²) in [4.78, 5) is 22.9. The summed E-state index contributed by atoms with van der Waals surface area (Å²) in [5, 5.41) is 2.75. The number of hydrogen-bond donors (Lipinski definition) is 1. The minimum Gasteiger partial charge on any atom is -0.468 e. The number of nitrogens with one attached hydrogen (secondary N) is 1. The highest BCUT2D eigenvalue weighted by Crippen LogP contribution is 2.35. The van der Waals surface area contributed by atoms with Crippen molar-refractivity contribution in [2.75, 3.05) is 63.3 Å². The number of carbonyl (C=O) groups is 1. The molecule has 2 aromatic rings. The molecule has 2 fully saturated rings. The number of esters is 1. The van der Waals surface area contributed by atoms with Crippen LogP contribution in [0, 0.1) is 5.82 Å². The first kappa shape index (κ1) is 27.0. The summed E-state index contributed by atoms with van der Waals surface area (Å²) in [6, 6.07) is 4.06. The van der Waals surface area contributed by atoms with E-state index in [1.54, 1.807) is 9.80 Å². The molecule has 1 unspecified atom stereocenters. The second-order valence-corrected chi connectivity index (χ2v) is 9.12. The number of anilines is 2. The van der Waals surface area contributed by atoms with E-state index in [4.69, 9.17) is 4.74 Å². The van der Waals surface area contributed by atoms with Crippen LogP contribution in [-0.2, 0) is 20.4 Å². The third-order valence-corrected chi connectivity index (χ3v) is 6.70. The smallest absolute Gasteiger partial charge is 0.416 e. The van der Waals surface area contributed by atoms with Gasteiger partial charge < -0.3 is 19.7 Å². The molecule has 0 amide bonds. The molecule has 2 aliphatic heterocycles. The number of piperidine rings is 1. The van der Waals surface area contributed by atoms with Gasteiger partial charge >= 0.3 is 12.1 Å². The molecule has 1 N–H and O–H groups in total. The van der Waals surface area contributed by atoms with Crippen molar-refractivity contribution in [1.29, 1.82) is 0 Å². The molecule has 8 nitrogen and oxygen atoms in total. The molecule has 4 rings (SSSR count). The number of methoxy groups -OCH3 is 1. The molecule has 0 bridgehead atoms. The fourth-order valence-electron chi connectivity index (χ4n) is 4.49. The predicted molar refractivity (Wildman–Crippen MR) is 124 cm³/mol. The second kappa shape index (κ2) is 11.1. The summed E-state index contributed by atoms with van der Waals surface area (Å²) in [6.07, 6.45) is -3.01. The number of halogens is 5. The Morgan fingerprint density at radius 1 is 1.19 bits per heavy atom. The molecular formula is C24H28F5N5O3. The highest BCUT2D eigenvalue weighted by atomic mass is 19.4. The van der Waals surface area contributed by atoms with Gasteiger partial charge in [0.1, 0.15) is 12.0 Å². The van der Waals surface area contributed by atoms with Gasteiger partial charge in [-0.15, -0.1) is 0 Å². The molecule has 202 valence electrons. The number of ether oxygens (including phenoxy) is 2. The van der Waals surface area contributed by atoms with Crippen LogP contribution in [0.2, 0.25) is 0 Å². The van der Waals surface area contributed by atoms with Crippen LogP contribution in [0.25, 0.3) is 0 Å². The van der Waals surface area contributed by atoms with Crippen molar-refractivity contribution in [2.24, 2.45) is 0 Å². The quantitative estimate of drug-likeness (QED) is 0.431. The zero-order chi connectivity index (χ0) is 26.6. The Morgan fingerprint density at radius 3 is 2.54 bits per heavy atom. The van der Waals surface area contributed by atoms with E-state index in [1.165, 1.54) is 19.2 Å². The maximum Gasteiger partial charge on any atom is 0.416 e. The normalized spacial score (nSPS) is 20.5. The van der Waals surface area contributed by atoms with Crippen LogP contribution in [0.1, 0.15) is 30.0 Å². The van der Waals surface area contributed by atoms with Crippen molar-refractivity contribution < 1.29 is 36.2 Å². The van der Waals surface area contributed by atoms with E-state index in [9.17, 15) is 18.0 Å². The summed E-state index contributed by atoms with van der Waals surface area (Å²) >= 11 is 0. The molecule has 0 radical (unpaired) electrons. The summed E-state index contributed by atoms with van der Waals surface area (Å²) in [5.74, 6) is -1.39. The number of alkyl halides is 4. The van der Waals surface area contributed by atoms with Gasteiger partial charge in [-0.2, -0.15) is 17.6 Å². The highest BCUT2D eigenvalue weighted by molar-refractivity contribution is 5.71. The van der Waals surface area contributed by atoms with Crippen LogP contribution in [0.3, 0.4) is 0 Å². The minimum atomic E-state index is -4.47. The van der Waals surface area contributed by atoms with Crippen molar-refractivity contribution in [3.05, 3.63) is 47.5 Å². The lowest BCUT2D eigenvalue weighted by Gasteiger charge is -2.37. The van der Waals surface area contributed by atoms with Gasteiger partial charge in [0.2, 0.25) is 5.82 Å². The van der Waals surface area contributed by atoms with Gasteiger partial charge in [-0.1, -0.05) is 12.1 Å². The molecule has 13 heteroatoms. The lowest BCUT2D eigenvalue weighted by atomic mass is 9.93. The van der Waals surface area contributed by atoms with Crippen molar-refractivity contribution in [3.8, 4) is 0 Å². The third-order valence-electron chi connectivity index (χ3n) is 6.70. The Hall–Kier alpha value is -3.06. The maximum atomic E-state index is 15.5. The van der Waals surface area contributed by atoms with E-state index in [0.29, 0.717) is 18.7 Å². The van der Waals surface area contributed by atoms with E-state index in [2.05, 4.69) is 20.0 Å². The number of hydrogen-bond acceptors (Lipinski definition) is 8. The van der Waals surface area contributed by atoms with Crippen molar-refractivity contribution in [1.82, 2.24) is 14.9 Å². The Balaban J connectivity index is 1.45. The second-order valence-electron chi connectivity index (χ2n) is 9.12. The number of likely N-dealkylation sites (tertiary alicyclic amines) is 1. The average Bonchev–Trinajstić information content (AvgIpc) is 2.89. The van der Waals surface area contributed by atoms with E-state index >= 15 is 8.78 Å². The molecule has 0 saturated carbocycles. The Labute approximate surface area is 210 Å². The number of morpholine rings is 1. The van der Waals surface area contributed by atoms with Gasteiger partial charge in [-0.3, -0.25) is 9.69 Å². The molecule has 3 heterocycles. The van der Waals surface area contributed by atoms with Crippen molar-refractivity contribution in [2.45, 2.75) is 30.7 Å². The minimum absolute atomic E-state index is 0.0495. The van der Waals surface area contributed by atoms with Crippen molar-refractivity contribution in [3.63, 3.8) is 0 Å². The SMILES string of the molecule is COC(=O)CN1CCC(F)(CNc2ncnc(N3CCOCC3c3ccc(C(F)(F)F)cc3)c2F)CC1. The van der Waals surface area contributed by atoms with Gasteiger partial charge in [0.05, 0.1) is 45.0 Å². The fraction of sp³-hybridized carbons (Fsp3) is 0.542. The standard InChI is InChI=1S/C24H28F5N5O3/c1-36-19(35)12-33-8-6-23(26,7-9-33)14-30-21-20(25)22(32-15-31-21)34-10-11-37-13-18(34)16-2-4-17(5-3-16)24(27,28)29/h2-5,15,18H,6-14H2,1H3,(H,30,31,32). The molecule has 0 spiro atoms. The van der Waals surface area contributed by atoms with E-state index < -0.39 is 35.2 Å². The van der Waals surface area contributed by atoms with Crippen LogP contribution >= 0.6 is 0 Å². The Morgan fingerprint density at radius 2 is 1.89 bits per heavy atom. The van der Waals surface area contributed by atoms with Crippen LogP contribution in [0.5, 0.6) is 0 Å². The highest BCUT2D eigenvalue weighted by Gasteiger charge is 2.36. The first-order valence-corrected chi connectivity index (χ1v) is 11.8. The number of carbonyl (C=O) groups excluding carboxylic acids is 1. The van der Waals surface area contributed by atoms with Crippen LogP contribution < -0.4 is 10.2 Å². The lowest BCUT2D eigenvalue weighted by molar-refractivity contribution is -0.142. The lowest BCUT2D eigenvalue weighted by Crippen LogP contribution is -2.47. The first-order chi connectivity index (χ1) is 17.6. The van der Waals surface area contributed by atoms with Gasteiger partial charge in [0.15, 0.2) is 11.6 Å². The summed E-state index contributed by atoms with van der Waals surface area (Å²) in [7, 11) is 1.29. The van der Waals surface area contributed by atoms with Crippen LogP contribution in [0.15, 0.2) is 30.6 Å². The number of benzene rings is 1. The predicted octanol–water partition coefficient (Wildman–Crippen LogP) is 3.60. The number of nitrogens with zero attached hydrogens (tertiary/aromatic N) is 4. The maximum absolute atomic E-state index is 15.5. The summed E-state index contributed by atoms with van der Waals surface area (Å²) in [6.45, 7) is 1.27. The molecular weight excluding hydrogens is 501 g/mol. The Kier molecular flexibility index (Phi) is 8.12. The van der Waals surface area contributed by atoms with Crippen LogP contribution in [0.4, 0.5) is 33.6 Å². The number of rotatable bonds is 7. The molecule has 2 aliphatic rings. The molecule has 1 atom stereocenters. The van der Waals surface area contributed by atoms with Gasteiger partial charge in [-0.05, 0) is 30.5 Å². The molecule has 0 aliphatic carbocycles. The molecule has 2 saturated heterocycles. The average molecular weight is 530 g/mol. The van der Waals surface area contributed by atoms with Gasteiger partial charge in [0, 0.05) is 19.6 Å². The molecule has 37 heavy (non-hydrogen) atoms. The monoisotopic (exact) mass is 529 g/mol. The number of aromatic nitrogens is 2. The zero-order valence-electron chi connectivity index (χ0n) is 20.2. The zero-order valence-corrected chi connectivity index (χ0v) is 20.2. The van der Waals surface area contributed by atoms with Crippen LogP contribution in [-0.4, -0.2) is 79.6 Å². The van der Waals surface area contributed by atoms with E-state index in [0.717, 1.165) is 18.5 Å². The molecule has 1 aromatic heterocycles. The fourth-order valence-corrected chi connectivity index (χ4v) is 4.49. The van der Waals surface area contributed by atoms with E-state index in [-0.39, 0.29) is 57.3 Å². The van der Waals surface area contributed by atoms with Gasteiger partial charge in [-0.25, -0.2) is 14.4 Å². The molecule has 1 aromatic carbocycles. The van der Waals surface area contributed by atoms with E-state index in [1.807, 2.05) is 0 Å². The first-order valence-electron chi connectivity index (χ1n) is 11.8.